The van der Waals surface area contributed by atoms with Gasteiger partial charge < -0.3 is 9.84 Å². The summed E-state index contributed by atoms with van der Waals surface area (Å²) in [4.78, 5) is 10.4. The van der Waals surface area contributed by atoms with Crippen molar-refractivity contribution in [3.05, 3.63) is 12.2 Å². The lowest BCUT2D eigenvalue weighted by molar-refractivity contribution is -0.132. The fourth-order valence-corrected chi connectivity index (χ4v) is 1.15. The third-order valence-electron chi connectivity index (χ3n) is 2.17. The molecule has 0 amide bonds. The van der Waals surface area contributed by atoms with Crippen molar-refractivity contribution in [2.24, 2.45) is 0 Å². The van der Waals surface area contributed by atoms with Crippen LogP contribution in [0.25, 0.3) is 0 Å². The molecule has 1 unspecified atom stereocenters. The van der Waals surface area contributed by atoms with E-state index >= 15 is 0 Å². The van der Waals surface area contributed by atoms with E-state index < -0.39 is 5.97 Å². The highest BCUT2D eigenvalue weighted by Crippen LogP contribution is 2.38. The number of hydrogen-bond acceptors (Lipinski definition) is 2. The summed E-state index contributed by atoms with van der Waals surface area (Å²) in [7, 11) is 0. The maximum absolute atomic E-state index is 10.4. The third kappa shape index (κ3) is 2.08. The predicted molar refractivity (Wildman–Crippen MR) is 45.0 cm³/mol. The molecular weight excluding hydrogens is 156 g/mol. The van der Waals surface area contributed by atoms with Crippen LogP contribution >= 0.6 is 0 Å². The van der Waals surface area contributed by atoms with Crippen LogP contribution < -0.4 is 0 Å². The highest BCUT2D eigenvalue weighted by molar-refractivity contribution is 5.85. The van der Waals surface area contributed by atoms with Crippen LogP contribution in [0.2, 0.25) is 0 Å². The van der Waals surface area contributed by atoms with Gasteiger partial charge in [0.1, 0.15) is 0 Å². The summed E-state index contributed by atoms with van der Waals surface area (Å²) in [6, 6.07) is 0. The molecule has 0 aromatic heterocycles. The smallest absolute Gasteiger partial charge is 0.330 e. The average Bonchev–Trinajstić information content (AvgIpc) is 2.54. The van der Waals surface area contributed by atoms with Crippen molar-refractivity contribution in [3.8, 4) is 0 Å². The van der Waals surface area contributed by atoms with Crippen LogP contribution in [-0.2, 0) is 9.53 Å². The number of carboxylic acids is 1. The van der Waals surface area contributed by atoms with Gasteiger partial charge in [-0.15, -0.1) is 0 Å². The molecule has 1 atom stereocenters. The molecule has 0 saturated carbocycles. The Bertz CT molecular complexity index is 218. The summed E-state index contributed by atoms with van der Waals surface area (Å²) in [6.45, 7) is 7.45. The number of aliphatic carboxylic acids is 1. The Kier molecular flexibility index (Phi) is 2.24. The van der Waals surface area contributed by atoms with Gasteiger partial charge in [0.15, 0.2) is 0 Å². The molecule has 3 nitrogen and oxygen atoms in total. The number of rotatable bonds is 4. The average molecular weight is 170 g/mol. The van der Waals surface area contributed by atoms with Crippen LogP contribution in [0.1, 0.15) is 26.7 Å². The van der Waals surface area contributed by atoms with E-state index in [1.807, 2.05) is 13.8 Å². The van der Waals surface area contributed by atoms with Gasteiger partial charge in [0.25, 0.3) is 0 Å². The Morgan fingerprint density at radius 2 is 2.17 bits per heavy atom. The highest BCUT2D eigenvalue weighted by atomic mass is 16.6. The summed E-state index contributed by atoms with van der Waals surface area (Å²) in [6.07, 6.45) is 1.50. The number of ether oxygens (including phenoxy) is 1. The summed E-state index contributed by atoms with van der Waals surface area (Å²) in [5.41, 5.74) is 0.222. The zero-order chi connectivity index (χ0) is 9.35. The van der Waals surface area contributed by atoms with Crippen LogP contribution in [0, 0.1) is 0 Å². The molecular formula is C9H14O3. The Morgan fingerprint density at radius 1 is 1.67 bits per heavy atom. The molecule has 1 aliphatic rings. The van der Waals surface area contributed by atoms with Crippen molar-refractivity contribution < 1.29 is 14.6 Å². The number of carboxylic acid groups (broad SMARTS) is 1. The Labute approximate surface area is 72.0 Å². The molecule has 68 valence electrons. The van der Waals surface area contributed by atoms with Crippen LogP contribution in [0.3, 0.4) is 0 Å². The van der Waals surface area contributed by atoms with E-state index in [1.54, 1.807) is 0 Å². The van der Waals surface area contributed by atoms with Gasteiger partial charge in [-0.3, -0.25) is 0 Å². The molecule has 1 rings (SSSR count). The van der Waals surface area contributed by atoms with Gasteiger partial charge >= 0.3 is 5.97 Å². The predicted octanol–water partition coefficient (Wildman–Crippen LogP) is 1.58. The van der Waals surface area contributed by atoms with Gasteiger partial charge in [0.2, 0.25) is 0 Å². The molecule has 0 aliphatic carbocycles. The Hall–Kier alpha value is -0.830. The van der Waals surface area contributed by atoms with E-state index in [4.69, 9.17) is 9.84 Å². The monoisotopic (exact) mass is 170 g/mol. The molecule has 3 heteroatoms. The van der Waals surface area contributed by atoms with Gasteiger partial charge in [-0.25, -0.2) is 4.79 Å². The first-order valence-electron chi connectivity index (χ1n) is 4.02. The fraction of sp³-hybridized carbons (Fsp3) is 0.667. The molecule has 1 saturated heterocycles. The van der Waals surface area contributed by atoms with E-state index in [0.29, 0.717) is 6.42 Å². The first kappa shape index (κ1) is 9.26. The van der Waals surface area contributed by atoms with Crippen LogP contribution in [0.4, 0.5) is 0 Å². The molecule has 1 heterocycles. The van der Waals surface area contributed by atoms with E-state index in [9.17, 15) is 4.79 Å². The fourth-order valence-electron chi connectivity index (χ4n) is 1.15. The summed E-state index contributed by atoms with van der Waals surface area (Å²) >= 11 is 0. The molecule has 0 radical (unpaired) electrons. The highest BCUT2D eigenvalue weighted by Gasteiger charge is 2.46. The van der Waals surface area contributed by atoms with E-state index in [0.717, 1.165) is 6.42 Å². The van der Waals surface area contributed by atoms with Gasteiger partial charge in [-0.2, -0.15) is 0 Å². The van der Waals surface area contributed by atoms with E-state index in [1.165, 1.54) is 0 Å². The third-order valence-corrected chi connectivity index (χ3v) is 2.17. The first-order valence-corrected chi connectivity index (χ1v) is 4.02. The minimum absolute atomic E-state index is 0.0429. The summed E-state index contributed by atoms with van der Waals surface area (Å²) in [5.74, 6) is -0.909. The van der Waals surface area contributed by atoms with Crippen LogP contribution in [0.15, 0.2) is 12.2 Å². The second-order valence-electron chi connectivity index (χ2n) is 3.66. The maximum atomic E-state index is 10.4. The zero-order valence-corrected chi connectivity index (χ0v) is 7.46. The Morgan fingerprint density at radius 3 is 2.50 bits per heavy atom. The molecule has 0 aromatic rings. The molecule has 1 aliphatic heterocycles. The van der Waals surface area contributed by atoms with Gasteiger partial charge in [0.05, 0.1) is 11.7 Å². The molecule has 0 spiro atoms. The SMILES string of the molecule is C=C(CCC1OC1(C)C)C(=O)O. The van der Waals surface area contributed by atoms with E-state index in [-0.39, 0.29) is 17.3 Å². The second-order valence-corrected chi connectivity index (χ2v) is 3.66. The topological polar surface area (TPSA) is 49.8 Å². The normalized spacial score (nSPS) is 25.0. The number of epoxide rings is 1. The van der Waals surface area contributed by atoms with Crippen molar-refractivity contribution >= 4 is 5.97 Å². The van der Waals surface area contributed by atoms with Crippen LogP contribution in [-0.4, -0.2) is 22.8 Å². The maximum Gasteiger partial charge on any atom is 0.330 e. The van der Waals surface area contributed by atoms with E-state index in [2.05, 4.69) is 6.58 Å². The Balaban J connectivity index is 2.20. The minimum Gasteiger partial charge on any atom is -0.478 e. The lowest BCUT2D eigenvalue weighted by Gasteiger charge is -1.98. The largest absolute Gasteiger partial charge is 0.478 e. The van der Waals surface area contributed by atoms with Gasteiger partial charge in [-0.1, -0.05) is 6.58 Å². The number of carbonyl (C=O) groups is 1. The van der Waals surface area contributed by atoms with Crippen molar-refractivity contribution in [2.75, 3.05) is 0 Å². The zero-order valence-electron chi connectivity index (χ0n) is 7.46. The molecule has 1 N–H and O–H groups in total. The molecule has 1 fully saturated rings. The van der Waals surface area contributed by atoms with Crippen molar-refractivity contribution in [1.82, 2.24) is 0 Å². The van der Waals surface area contributed by atoms with Gasteiger partial charge in [-0.05, 0) is 26.7 Å². The lowest BCUT2D eigenvalue weighted by atomic mass is 10.0. The van der Waals surface area contributed by atoms with Crippen molar-refractivity contribution in [2.45, 2.75) is 38.4 Å². The standard InChI is InChI=1S/C9H14O3/c1-6(8(10)11)4-5-7-9(2,3)12-7/h7H,1,4-5H2,2-3H3,(H,10,11). The van der Waals surface area contributed by atoms with Crippen molar-refractivity contribution in [1.29, 1.82) is 0 Å². The van der Waals surface area contributed by atoms with Crippen LogP contribution in [0.5, 0.6) is 0 Å². The molecule has 0 bridgehead atoms. The first-order chi connectivity index (χ1) is 5.43. The summed E-state index contributed by atoms with van der Waals surface area (Å²) < 4.78 is 5.30. The van der Waals surface area contributed by atoms with Gasteiger partial charge in [0, 0.05) is 5.57 Å². The quantitative estimate of drug-likeness (QED) is 0.514. The lowest BCUT2D eigenvalue weighted by Crippen LogP contribution is -2.05. The number of hydrogen-bond donors (Lipinski definition) is 1. The second kappa shape index (κ2) is 2.90. The van der Waals surface area contributed by atoms with Crippen molar-refractivity contribution in [3.63, 3.8) is 0 Å². The summed E-state index contributed by atoms with van der Waals surface area (Å²) in [5, 5.41) is 8.51. The molecule has 12 heavy (non-hydrogen) atoms. The molecule has 0 aromatic carbocycles. The minimum atomic E-state index is -0.909.